The largest absolute Gasteiger partial charge is 0.480 e. The van der Waals surface area contributed by atoms with E-state index in [4.69, 9.17) is 4.43 Å². The first-order chi connectivity index (χ1) is 14.6. The summed E-state index contributed by atoms with van der Waals surface area (Å²) in [5.74, 6) is -0.267. The van der Waals surface area contributed by atoms with E-state index in [1.807, 2.05) is 6.07 Å². The quantitative estimate of drug-likeness (QED) is 0.529. The van der Waals surface area contributed by atoms with Crippen LogP contribution >= 0.6 is 0 Å². The van der Waals surface area contributed by atoms with Gasteiger partial charge < -0.3 is 9.53 Å². The Balaban J connectivity index is 1.92. The Morgan fingerprint density at radius 2 is 1.94 bits per heavy atom. The van der Waals surface area contributed by atoms with E-state index in [-0.39, 0.29) is 29.2 Å². The molecule has 2 aliphatic rings. The Morgan fingerprint density at radius 3 is 2.48 bits per heavy atom. The van der Waals surface area contributed by atoms with E-state index in [9.17, 15) is 14.3 Å². The van der Waals surface area contributed by atoms with Crippen LogP contribution < -0.4 is 0 Å². The zero-order valence-corrected chi connectivity index (χ0v) is 20.7. The minimum atomic E-state index is -0.945. The van der Waals surface area contributed by atoms with E-state index in [0.29, 0.717) is 19.0 Å². The Bertz CT molecular complexity index is 745. The van der Waals surface area contributed by atoms with Gasteiger partial charge in [-0.15, -0.1) is 0 Å². The molecule has 1 saturated heterocycles. The Kier molecular flexibility index (Phi) is 7.98. The molecule has 31 heavy (non-hydrogen) atoms. The van der Waals surface area contributed by atoms with E-state index < -0.39 is 21.1 Å². The second kappa shape index (κ2) is 10.1. The van der Waals surface area contributed by atoms with Gasteiger partial charge in [0.1, 0.15) is 11.9 Å². The summed E-state index contributed by atoms with van der Waals surface area (Å²) in [5, 5.41) is 10.1. The van der Waals surface area contributed by atoms with Gasteiger partial charge in [-0.05, 0) is 48.5 Å². The van der Waals surface area contributed by atoms with Crippen molar-refractivity contribution in [3.63, 3.8) is 0 Å². The van der Waals surface area contributed by atoms with Gasteiger partial charge in [-0.25, -0.2) is 4.39 Å². The molecule has 1 radical (unpaired) electrons. The van der Waals surface area contributed by atoms with Crippen LogP contribution in [0.25, 0.3) is 0 Å². The summed E-state index contributed by atoms with van der Waals surface area (Å²) in [6, 6.07) is 6.37. The molecule has 1 aliphatic heterocycles. The minimum absolute atomic E-state index is 0.00409. The lowest BCUT2D eigenvalue weighted by Gasteiger charge is -2.39. The van der Waals surface area contributed by atoms with Crippen LogP contribution in [0, 0.1) is 23.1 Å². The molecule has 1 aromatic carbocycles. The normalized spacial score (nSPS) is 25.3. The lowest BCUT2D eigenvalue weighted by Crippen LogP contribution is -2.44. The lowest BCUT2D eigenvalue weighted by molar-refractivity contribution is -0.143. The molecule has 3 rings (SSSR count). The summed E-state index contributed by atoms with van der Waals surface area (Å²) >= 11 is 0. The molecule has 0 bridgehead atoms. The average Bonchev–Trinajstić information content (AvgIpc) is 3.32. The maximum absolute atomic E-state index is 14.1. The van der Waals surface area contributed by atoms with Gasteiger partial charge in [0.05, 0.1) is 6.10 Å². The predicted molar refractivity (Wildman–Crippen MR) is 124 cm³/mol. The average molecular weight is 449 g/mol. The number of benzene rings is 1. The van der Waals surface area contributed by atoms with Crippen LogP contribution in [0.3, 0.4) is 0 Å². The van der Waals surface area contributed by atoms with Crippen LogP contribution in [-0.4, -0.2) is 50.3 Å². The van der Waals surface area contributed by atoms with Crippen LogP contribution in [0.15, 0.2) is 24.3 Å². The molecule has 2 fully saturated rings. The van der Waals surface area contributed by atoms with E-state index in [0.717, 1.165) is 24.8 Å². The molecule has 1 saturated carbocycles. The summed E-state index contributed by atoms with van der Waals surface area (Å²) in [4.78, 5) is 14.4. The van der Waals surface area contributed by atoms with E-state index in [2.05, 4.69) is 38.8 Å². The van der Waals surface area contributed by atoms with E-state index in [1.54, 1.807) is 12.1 Å². The zero-order chi connectivity index (χ0) is 22.8. The Labute approximate surface area is 188 Å². The third-order valence-corrected chi connectivity index (χ3v) is 7.76. The first-order valence-corrected chi connectivity index (χ1v) is 14.2. The number of halogens is 1. The van der Waals surface area contributed by atoms with Crippen LogP contribution in [0.2, 0.25) is 13.1 Å². The van der Waals surface area contributed by atoms with E-state index in [1.165, 1.54) is 18.9 Å². The SMILES string of the molecule is C[Si](C)OC([C@H]1CN([C@H](CC2CCCC2)C(=O)O)C[C@@H]1c1cccc(F)c1)C(C)(C)C. The molecule has 1 aromatic rings. The summed E-state index contributed by atoms with van der Waals surface area (Å²) in [6.45, 7) is 12.2. The molecule has 0 aromatic heterocycles. The highest BCUT2D eigenvalue weighted by Gasteiger charge is 2.47. The predicted octanol–water partition coefficient (Wildman–Crippen LogP) is 5.56. The van der Waals surface area contributed by atoms with E-state index >= 15 is 0 Å². The number of likely N-dealkylation sites (tertiary alicyclic amines) is 1. The topological polar surface area (TPSA) is 49.8 Å². The number of hydrogen-bond acceptors (Lipinski definition) is 3. The number of nitrogens with zero attached hydrogens (tertiary/aromatic N) is 1. The Morgan fingerprint density at radius 1 is 1.26 bits per heavy atom. The van der Waals surface area contributed by atoms with Gasteiger partial charge in [-0.3, -0.25) is 9.69 Å². The van der Waals surface area contributed by atoms with Crippen molar-refractivity contribution in [2.45, 2.75) is 84.0 Å². The summed E-state index contributed by atoms with van der Waals surface area (Å²) in [7, 11) is -0.945. The molecule has 4 atom stereocenters. The number of carboxylic acids is 1. The molecule has 1 N–H and O–H groups in total. The fourth-order valence-electron chi connectivity index (χ4n) is 5.64. The van der Waals surface area contributed by atoms with Gasteiger partial charge >= 0.3 is 5.97 Å². The van der Waals surface area contributed by atoms with Crippen molar-refractivity contribution in [1.82, 2.24) is 4.90 Å². The highest BCUT2D eigenvalue weighted by atomic mass is 28.3. The number of carboxylic acid groups (broad SMARTS) is 1. The van der Waals surface area contributed by atoms with Crippen molar-refractivity contribution in [1.29, 1.82) is 0 Å². The molecule has 0 amide bonds. The second-order valence-electron chi connectivity index (χ2n) is 10.8. The third-order valence-electron chi connectivity index (χ3n) is 7.03. The monoisotopic (exact) mass is 448 g/mol. The van der Waals surface area contributed by atoms with Gasteiger partial charge in [-0.2, -0.15) is 0 Å². The summed E-state index contributed by atoms with van der Waals surface area (Å²) < 4.78 is 20.7. The fraction of sp³-hybridized carbons (Fsp3) is 0.720. The standard InChI is InChI=1S/C25H39FNO3Si/c1-25(2,3)23(30-31(4)5)21-16-27(15-20(21)18-11-8-12-19(26)14-18)22(24(28)29)13-17-9-6-7-10-17/h8,11-12,14,17,20-23H,6-7,9-10,13,15-16H2,1-5H3,(H,28,29)/t20-,21+,22-,23?/m1/s1. The van der Waals surface area contributed by atoms with Gasteiger partial charge in [-0.1, -0.05) is 58.6 Å². The molecular weight excluding hydrogens is 409 g/mol. The maximum atomic E-state index is 14.1. The maximum Gasteiger partial charge on any atom is 0.320 e. The first kappa shape index (κ1) is 24.4. The number of rotatable bonds is 8. The smallest absolute Gasteiger partial charge is 0.320 e. The fourth-order valence-corrected chi connectivity index (χ4v) is 6.68. The summed E-state index contributed by atoms with van der Waals surface area (Å²) in [5.41, 5.74) is 0.870. The molecule has 1 aliphatic carbocycles. The minimum Gasteiger partial charge on any atom is -0.480 e. The third kappa shape index (κ3) is 6.17. The van der Waals surface area contributed by atoms with Crippen molar-refractivity contribution in [3.05, 3.63) is 35.6 Å². The molecule has 173 valence electrons. The molecule has 0 spiro atoms. The zero-order valence-electron chi connectivity index (χ0n) is 19.7. The molecule has 1 heterocycles. The second-order valence-corrected chi connectivity index (χ2v) is 12.9. The van der Waals surface area contributed by atoms with Crippen molar-refractivity contribution in [2.75, 3.05) is 13.1 Å². The number of hydrogen-bond donors (Lipinski definition) is 1. The molecular formula is C25H39FNO3Si. The lowest BCUT2D eigenvalue weighted by atomic mass is 9.75. The first-order valence-electron chi connectivity index (χ1n) is 11.8. The number of carbonyl (C=O) groups is 1. The van der Waals surface area contributed by atoms with Crippen molar-refractivity contribution in [3.8, 4) is 0 Å². The van der Waals surface area contributed by atoms with Crippen LogP contribution in [0.5, 0.6) is 0 Å². The summed E-state index contributed by atoms with van der Waals surface area (Å²) in [6.07, 6.45) is 5.41. The van der Waals surface area contributed by atoms with Gasteiger partial charge in [0.15, 0.2) is 0 Å². The molecule has 4 nitrogen and oxygen atoms in total. The van der Waals surface area contributed by atoms with Gasteiger partial charge in [0, 0.05) is 24.9 Å². The van der Waals surface area contributed by atoms with Crippen LogP contribution in [0.4, 0.5) is 4.39 Å². The van der Waals surface area contributed by atoms with Gasteiger partial charge in [0.2, 0.25) is 9.04 Å². The van der Waals surface area contributed by atoms with Gasteiger partial charge in [0.25, 0.3) is 0 Å². The molecule has 6 heteroatoms. The van der Waals surface area contributed by atoms with Crippen molar-refractivity contribution < 1.29 is 18.7 Å². The van der Waals surface area contributed by atoms with Crippen LogP contribution in [-0.2, 0) is 9.22 Å². The van der Waals surface area contributed by atoms with Crippen LogP contribution in [0.1, 0.15) is 64.4 Å². The molecule has 1 unspecified atom stereocenters. The number of aliphatic carboxylic acids is 1. The van der Waals surface area contributed by atoms with Crippen molar-refractivity contribution in [2.24, 2.45) is 17.3 Å². The Hall–Kier alpha value is -1.24. The highest BCUT2D eigenvalue weighted by Crippen LogP contribution is 2.43. The highest BCUT2D eigenvalue weighted by molar-refractivity contribution is 6.48. The van der Waals surface area contributed by atoms with Crippen molar-refractivity contribution >= 4 is 15.0 Å².